The molecule has 114 valence electrons. The van der Waals surface area contributed by atoms with Crippen molar-refractivity contribution in [3.63, 3.8) is 0 Å². The molecule has 2 rings (SSSR count). The number of unbranched alkanes of at least 4 members (excludes halogenated alkanes) is 1. The number of carbonyl (C=O) groups excluding carboxylic acids is 2. The minimum absolute atomic E-state index is 0.0332. The Morgan fingerprint density at radius 3 is 2.81 bits per heavy atom. The molecule has 0 aliphatic carbocycles. The Morgan fingerprint density at radius 1 is 1.29 bits per heavy atom. The van der Waals surface area contributed by atoms with Crippen LogP contribution in [-0.2, 0) is 16.0 Å². The van der Waals surface area contributed by atoms with Gasteiger partial charge in [0.25, 0.3) is 0 Å². The first-order valence-electron chi connectivity index (χ1n) is 7.75. The monoisotopic (exact) mass is 288 g/mol. The summed E-state index contributed by atoms with van der Waals surface area (Å²) in [4.78, 5) is 28.0. The molecule has 0 saturated carbocycles. The fraction of sp³-hybridized carbons (Fsp3) is 0.529. The van der Waals surface area contributed by atoms with Crippen LogP contribution < -0.4 is 4.90 Å². The lowest BCUT2D eigenvalue weighted by Gasteiger charge is -2.30. The maximum absolute atomic E-state index is 12.4. The van der Waals surface area contributed by atoms with Gasteiger partial charge >= 0.3 is 0 Å². The van der Waals surface area contributed by atoms with Crippen molar-refractivity contribution in [3.8, 4) is 0 Å². The quantitative estimate of drug-likeness (QED) is 0.781. The lowest BCUT2D eigenvalue weighted by Crippen LogP contribution is -2.39. The van der Waals surface area contributed by atoms with Gasteiger partial charge in [-0.25, -0.2) is 0 Å². The summed E-state index contributed by atoms with van der Waals surface area (Å²) in [5, 5.41) is 0. The molecule has 0 radical (unpaired) electrons. The number of hydrogen-bond acceptors (Lipinski definition) is 2. The number of aryl methyl sites for hydroxylation is 1. The summed E-state index contributed by atoms with van der Waals surface area (Å²) in [5.41, 5.74) is 2.17. The van der Waals surface area contributed by atoms with E-state index in [1.54, 1.807) is 16.8 Å². The van der Waals surface area contributed by atoms with E-state index < -0.39 is 0 Å². The predicted molar refractivity (Wildman–Crippen MR) is 84.3 cm³/mol. The first kappa shape index (κ1) is 15.5. The highest BCUT2D eigenvalue weighted by atomic mass is 16.2. The van der Waals surface area contributed by atoms with Crippen molar-refractivity contribution in [2.24, 2.45) is 0 Å². The van der Waals surface area contributed by atoms with Crippen molar-refractivity contribution < 1.29 is 9.59 Å². The molecular weight excluding hydrogens is 264 g/mol. The van der Waals surface area contributed by atoms with Crippen molar-refractivity contribution in [2.45, 2.75) is 39.0 Å². The molecule has 0 spiro atoms. The molecule has 0 bridgehead atoms. The van der Waals surface area contributed by atoms with Crippen LogP contribution in [0.5, 0.6) is 0 Å². The van der Waals surface area contributed by atoms with Crippen molar-refractivity contribution in [1.29, 1.82) is 0 Å². The smallest absolute Gasteiger partial charge is 0.236 e. The minimum Gasteiger partial charge on any atom is -0.345 e. The Bertz CT molecular complexity index is 513. The predicted octanol–water partition coefficient (Wildman–Crippen LogP) is 2.61. The standard InChI is InChI=1S/C17H24N2O2/c1-3-4-11-18(2)16(20)13-17(21)19-12-7-9-14-8-5-6-10-15(14)19/h5-6,8,10H,3-4,7,9,11-13H2,1-2H3. The molecular formula is C17H24N2O2. The minimum atomic E-state index is -0.0875. The summed E-state index contributed by atoms with van der Waals surface area (Å²) in [6.07, 6.45) is 3.95. The highest BCUT2D eigenvalue weighted by Crippen LogP contribution is 2.27. The number of anilines is 1. The lowest BCUT2D eigenvalue weighted by molar-refractivity contribution is -0.134. The second-order valence-electron chi connectivity index (χ2n) is 5.62. The Hall–Kier alpha value is -1.84. The van der Waals surface area contributed by atoms with Gasteiger partial charge < -0.3 is 9.80 Å². The molecule has 1 heterocycles. The molecule has 0 unspecified atom stereocenters. The number of rotatable bonds is 5. The Kier molecular flexibility index (Phi) is 5.37. The fourth-order valence-corrected chi connectivity index (χ4v) is 2.67. The number of amides is 2. The van der Waals surface area contributed by atoms with E-state index in [2.05, 4.69) is 13.0 Å². The van der Waals surface area contributed by atoms with Gasteiger partial charge in [0.1, 0.15) is 6.42 Å². The second kappa shape index (κ2) is 7.25. The summed E-state index contributed by atoms with van der Waals surface area (Å²) in [6.45, 7) is 3.52. The van der Waals surface area contributed by atoms with Crippen LogP contribution in [0, 0.1) is 0 Å². The molecule has 1 aromatic rings. The molecule has 0 saturated heterocycles. The van der Waals surface area contributed by atoms with Crippen LogP contribution in [0.4, 0.5) is 5.69 Å². The maximum Gasteiger partial charge on any atom is 0.236 e. The van der Waals surface area contributed by atoms with E-state index in [1.807, 2.05) is 18.2 Å². The van der Waals surface area contributed by atoms with Crippen LogP contribution in [0.25, 0.3) is 0 Å². The zero-order valence-corrected chi connectivity index (χ0v) is 13.0. The summed E-state index contributed by atoms with van der Waals surface area (Å²) in [7, 11) is 1.77. The van der Waals surface area contributed by atoms with Gasteiger partial charge in [0.05, 0.1) is 0 Å². The third-order valence-corrected chi connectivity index (χ3v) is 3.99. The molecule has 0 aromatic heterocycles. The average molecular weight is 288 g/mol. The van der Waals surface area contributed by atoms with E-state index in [1.165, 1.54) is 5.56 Å². The van der Waals surface area contributed by atoms with Gasteiger partial charge in [-0.05, 0) is 30.9 Å². The van der Waals surface area contributed by atoms with Crippen LogP contribution in [0.3, 0.4) is 0 Å². The average Bonchev–Trinajstić information content (AvgIpc) is 2.51. The van der Waals surface area contributed by atoms with Gasteiger partial charge in [0, 0.05) is 25.8 Å². The van der Waals surface area contributed by atoms with Gasteiger partial charge in [-0.2, -0.15) is 0 Å². The largest absolute Gasteiger partial charge is 0.345 e. The Balaban J connectivity index is 2.00. The van der Waals surface area contributed by atoms with Gasteiger partial charge in [0.15, 0.2) is 0 Å². The van der Waals surface area contributed by atoms with Gasteiger partial charge in [0.2, 0.25) is 11.8 Å². The first-order chi connectivity index (χ1) is 10.1. The SMILES string of the molecule is CCCCN(C)C(=O)CC(=O)N1CCCc2ccccc21. The first-order valence-corrected chi connectivity index (χ1v) is 7.75. The van der Waals surface area contributed by atoms with Crippen LogP contribution >= 0.6 is 0 Å². The third kappa shape index (κ3) is 3.84. The normalized spacial score (nSPS) is 13.7. The molecule has 0 fully saturated rings. The topological polar surface area (TPSA) is 40.6 Å². The lowest BCUT2D eigenvalue weighted by atomic mass is 10.0. The molecule has 0 atom stereocenters. The van der Waals surface area contributed by atoms with Gasteiger partial charge in [-0.3, -0.25) is 9.59 Å². The van der Waals surface area contributed by atoms with Gasteiger partial charge in [-0.15, -0.1) is 0 Å². The molecule has 0 N–H and O–H groups in total. The highest BCUT2D eigenvalue weighted by Gasteiger charge is 2.24. The van der Waals surface area contributed by atoms with E-state index in [9.17, 15) is 9.59 Å². The molecule has 2 amide bonds. The molecule has 1 aliphatic heterocycles. The zero-order chi connectivity index (χ0) is 15.2. The van der Waals surface area contributed by atoms with Crippen molar-refractivity contribution in [1.82, 2.24) is 4.90 Å². The fourth-order valence-electron chi connectivity index (χ4n) is 2.67. The summed E-state index contributed by atoms with van der Waals surface area (Å²) in [5.74, 6) is -0.174. The van der Waals surface area contributed by atoms with Crippen LogP contribution in [0.15, 0.2) is 24.3 Å². The zero-order valence-electron chi connectivity index (χ0n) is 13.0. The number of para-hydroxylation sites is 1. The van der Waals surface area contributed by atoms with Crippen molar-refractivity contribution >= 4 is 17.5 Å². The maximum atomic E-state index is 12.4. The van der Waals surface area contributed by atoms with E-state index in [4.69, 9.17) is 0 Å². The van der Waals surface area contributed by atoms with Crippen molar-refractivity contribution in [3.05, 3.63) is 29.8 Å². The molecule has 4 nitrogen and oxygen atoms in total. The van der Waals surface area contributed by atoms with Crippen LogP contribution in [-0.4, -0.2) is 36.9 Å². The summed E-state index contributed by atoms with van der Waals surface area (Å²) in [6, 6.07) is 7.97. The summed E-state index contributed by atoms with van der Waals surface area (Å²) >= 11 is 0. The van der Waals surface area contributed by atoms with Crippen molar-refractivity contribution in [2.75, 3.05) is 25.0 Å². The molecule has 1 aliphatic rings. The molecule has 1 aromatic carbocycles. The van der Waals surface area contributed by atoms with E-state index >= 15 is 0 Å². The van der Waals surface area contributed by atoms with Gasteiger partial charge in [-0.1, -0.05) is 31.5 Å². The van der Waals surface area contributed by atoms with E-state index in [0.29, 0.717) is 6.54 Å². The molecule has 4 heteroatoms. The van der Waals surface area contributed by atoms with E-state index in [0.717, 1.165) is 37.9 Å². The van der Waals surface area contributed by atoms with Crippen LogP contribution in [0.1, 0.15) is 38.2 Å². The number of hydrogen-bond donors (Lipinski definition) is 0. The number of nitrogens with zero attached hydrogens (tertiary/aromatic N) is 2. The van der Waals surface area contributed by atoms with Crippen LogP contribution in [0.2, 0.25) is 0 Å². The van der Waals surface area contributed by atoms with E-state index in [-0.39, 0.29) is 18.2 Å². The third-order valence-electron chi connectivity index (χ3n) is 3.99. The number of fused-ring (bicyclic) bond motifs is 1. The Morgan fingerprint density at radius 2 is 2.05 bits per heavy atom. The Labute approximate surface area is 126 Å². The number of carbonyl (C=O) groups is 2. The summed E-state index contributed by atoms with van der Waals surface area (Å²) < 4.78 is 0. The number of benzene rings is 1. The highest BCUT2D eigenvalue weighted by molar-refractivity contribution is 6.05. The second-order valence-corrected chi connectivity index (χ2v) is 5.62. The molecule has 21 heavy (non-hydrogen) atoms.